The Morgan fingerprint density at radius 2 is 2.10 bits per heavy atom. The van der Waals surface area contributed by atoms with E-state index >= 15 is 0 Å². The van der Waals surface area contributed by atoms with Gasteiger partial charge in [0.2, 0.25) is 5.91 Å². The molecule has 0 saturated carbocycles. The maximum absolute atomic E-state index is 12.0. The molecule has 4 nitrogen and oxygen atoms in total. The summed E-state index contributed by atoms with van der Waals surface area (Å²) in [6.45, 7) is 5.64. The van der Waals surface area contributed by atoms with Crippen LogP contribution in [0.4, 0.5) is 0 Å². The van der Waals surface area contributed by atoms with Crippen molar-refractivity contribution in [1.82, 2.24) is 10.3 Å². The Balaban J connectivity index is 2.20. The smallest absolute Gasteiger partial charge is 0.224 e. The summed E-state index contributed by atoms with van der Waals surface area (Å²) in [4.78, 5) is 15.3. The number of carbonyl (C=O) groups excluding carboxylic acids is 1. The second kappa shape index (κ2) is 5.67. The van der Waals surface area contributed by atoms with Gasteiger partial charge in [-0.05, 0) is 31.4 Å². The second-order valence-electron chi connectivity index (χ2n) is 5.77. The fourth-order valence-electron chi connectivity index (χ4n) is 2.35. The van der Waals surface area contributed by atoms with Gasteiger partial charge < -0.3 is 15.4 Å². The molecule has 1 amide bonds. The molecule has 3 N–H and O–H groups in total. The highest BCUT2D eigenvalue weighted by Gasteiger charge is 2.20. The first-order chi connectivity index (χ1) is 9.46. The number of aryl methyl sites for hydroxylation is 1. The minimum Gasteiger partial charge on any atom is -0.394 e. The van der Waals surface area contributed by atoms with Crippen molar-refractivity contribution in [3.05, 3.63) is 35.5 Å². The molecule has 1 heterocycles. The van der Waals surface area contributed by atoms with E-state index in [-0.39, 0.29) is 12.5 Å². The summed E-state index contributed by atoms with van der Waals surface area (Å²) in [6.07, 6.45) is 3.17. The summed E-state index contributed by atoms with van der Waals surface area (Å²) in [6, 6.07) is 6.15. The molecule has 0 aliphatic rings. The largest absolute Gasteiger partial charge is 0.394 e. The van der Waals surface area contributed by atoms with Crippen LogP contribution in [0.5, 0.6) is 0 Å². The fraction of sp³-hybridized carbons (Fsp3) is 0.438. The highest BCUT2D eigenvalue weighted by Crippen LogP contribution is 2.22. The molecule has 2 aromatic rings. The van der Waals surface area contributed by atoms with Crippen molar-refractivity contribution in [2.75, 3.05) is 6.61 Å². The summed E-state index contributed by atoms with van der Waals surface area (Å²) in [5.41, 5.74) is 2.77. The van der Waals surface area contributed by atoms with Gasteiger partial charge in [-0.3, -0.25) is 4.79 Å². The van der Waals surface area contributed by atoms with Crippen molar-refractivity contribution in [3.63, 3.8) is 0 Å². The van der Waals surface area contributed by atoms with E-state index in [1.807, 2.05) is 18.3 Å². The molecule has 108 valence electrons. The van der Waals surface area contributed by atoms with Gasteiger partial charge in [-0.2, -0.15) is 0 Å². The molecule has 0 unspecified atom stereocenters. The van der Waals surface area contributed by atoms with Crippen LogP contribution in [0.3, 0.4) is 0 Å². The molecule has 0 aliphatic heterocycles. The lowest BCUT2D eigenvalue weighted by molar-refractivity contribution is -0.122. The Morgan fingerprint density at radius 3 is 2.75 bits per heavy atom. The zero-order valence-electron chi connectivity index (χ0n) is 12.3. The first-order valence-corrected chi connectivity index (χ1v) is 6.96. The normalized spacial score (nSPS) is 11.8. The highest BCUT2D eigenvalue weighted by molar-refractivity contribution is 5.90. The maximum atomic E-state index is 12.0. The van der Waals surface area contributed by atoms with Crippen LogP contribution in [-0.2, 0) is 17.6 Å². The van der Waals surface area contributed by atoms with Gasteiger partial charge in [0.1, 0.15) is 0 Å². The van der Waals surface area contributed by atoms with Crippen molar-refractivity contribution in [1.29, 1.82) is 0 Å². The van der Waals surface area contributed by atoms with Crippen LogP contribution in [0, 0.1) is 0 Å². The quantitative estimate of drug-likeness (QED) is 0.782. The minimum absolute atomic E-state index is 0.0768. The number of H-pyrrole nitrogens is 1. The third-order valence-electron chi connectivity index (χ3n) is 3.49. The van der Waals surface area contributed by atoms with E-state index in [9.17, 15) is 9.90 Å². The average Bonchev–Trinajstić information content (AvgIpc) is 2.81. The van der Waals surface area contributed by atoms with Crippen molar-refractivity contribution >= 4 is 16.8 Å². The van der Waals surface area contributed by atoms with E-state index in [2.05, 4.69) is 23.3 Å². The molecule has 1 aromatic heterocycles. The molecule has 1 aromatic carbocycles. The van der Waals surface area contributed by atoms with Gasteiger partial charge in [0, 0.05) is 17.1 Å². The molecule has 0 spiro atoms. The first kappa shape index (κ1) is 14.6. The van der Waals surface area contributed by atoms with E-state index < -0.39 is 5.54 Å². The molecule has 2 rings (SSSR count). The molecular weight excluding hydrogens is 252 g/mol. The van der Waals surface area contributed by atoms with Gasteiger partial charge in [0.15, 0.2) is 0 Å². The number of fused-ring (bicyclic) bond motifs is 1. The molecule has 0 atom stereocenters. The highest BCUT2D eigenvalue weighted by atomic mass is 16.3. The SMILES string of the molecule is CCc1cccc2c(CC(=O)NC(C)(C)CO)c[nH]c12. The number of hydrogen-bond donors (Lipinski definition) is 3. The molecule has 4 heteroatoms. The van der Waals surface area contributed by atoms with Crippen LogP contribution in [-0.4, -0.2) is 28.1 Å². The zero-order chi connectivity index (χ0) is 14.8. The fourth-order valence-corrected chi connectivity index (χ4v) is 2.35. The number of carbonyl (C=O) groups is 1. The van der Waals surface area contributed by atoms with Gasteiger partial charge in [-0.1, -0.05) is 25.1 Å². The summed E-state index contributed by atoms with van der Waals surface area (Å²) in [7, 11) is 0. The number of aliphatic hydroxyl groups excluding tert-OH is 1. The van der Waals surface area contributed by atoms with Crippen molar-refractivity contribution in [2.45, 2.75) is 39.2 Å². The van der Waals surface area contributed by atoms with Crippen LogP contribution in [0.25, 0.3) is 10.9 Å². The monoisotopic (exact) mass is 274 g/mol. The van der Waals surface area contributed by atoms with Gasteiger partial charge in [0.05, 0.1) is 18.6 Å². The summed E-state index contributed by atoms with van der Waals surface area (Å²) < 4.78 is 0. The lowest BCUT2D eigenvalue weighted by Gasteiger charge is -2.23. The Morgan fingerprint density at radius 1 is 1.35 bits per heavy atom. The molecule has 0 fully saturated rings. The van der Waals surface area contributed by atoms with Crippen LogP contribution in [0.1, 0.15) is 31.9 Å². The van der Waals surface area contributed by atoms with Crippen LogP contribution >= 0.6 is 0 Å². The van der Waals surface area contributed by atoms with Gasteiger partial charge >= 0.3 is 0 Å². The van der Waals surface area contributed by atoms with E-state index in [0.29, 0.717) is 6.42 Å². The van der Waals surface area contributed by atoms with E-state index in [4.69, 9.17) is 0 Å². The Kier molecular flexibility index (Phi) is 4.14. The lowest BCUT2D eigenvalue weighted by Crippen LogP contribution is -2.46. The summed E-state index contributed by atoms with van der Waals surface area (Å²) >= 11 is 0. The van der Waals surface area contributed by atoms with Gasteiger partial charge in [-0.15, -0.1) is 0 Å². The van der Waals surface area contributed by atoms with Crippen molar-refractivity contribution in [3.8, 4) is 0 Å². The third-order valence-corrected chi connectivity index (χ3v) is 3.49. The number of benzene rings is 1. The number of rotatable bonds is 5. The van der Waals surface area contributed by atoms with Gasteiger partial charge in [-0.25, -0.2) is 0 Å². The zero-order valence-corrected chi connectivity index (χ0v) is 12.3. The molecule has 20 heavy (non-hydrogen) atoms. The van der Waals surface area contributed by atoms with Crippen LogP contribution in [0.15, 0.2) is 24.4 Å². The molecule has 0 bridgehead atoms. The van der Waals surface area contributed by atoms with Crippen LogP contribution < -0.4 is 5.32 Å². The molecular formula is C16H22N2O2. The topological polar surface area (TPSA) is 65.1 Å². The maximum Gasteiger partial charge on any atom is 0.224 e. The van der Waals surface area contributed by atoms with Crippen molar-refractivity contribution in [2.24, 2.45) is 0 Å². The first-order valence-electron chi connectivity index (χ1n) is 6.96. The van der Waals surface area contributed by atoms with Gasteiger partial charge in [0.25, 0.3) is 0 Å². The van der Waals surface area contributed by atoms with Crippen molar-refractivity contribution < 1.29 is 9.90 Å². The number of aliphatic hydroxyl groups is 1. The molecule has 0 saturated heterocycles. The van der Waals surface area contributed by atoms with E-state index in [0.717, 1.165) is 22.9 Å². The standard InChI is InChI=1S/C16H22N2O2/c1-4-11-6-5-7-13-12(9-17-15(11)13)8-14(20)18-16(2,3)10-19/h5-7,9,17,19H,4,8,10H2,1-3H3,(H,18,20). The predicted octanol–water partition coefficient (Wildman–Crippen LogP) is 2.16. The van der Waals surface area contributed by atoms with E-state index in [1.54, 1.807) is 13.8 Å². The lowest BCUT2D eigenvalue weighted by atomic mass is 10.0. The number of amides is 1. The minimum atomic E-state index is -0.586. The second-order valence-corrected chi connectivity index (χ2v) is 5.77. The summed E-state index contributed by atoms with van der Waals surface area (Å²) in [5, 5.41) is 13.1. The average molecular weight is 274 g/mol. The Bertz CT molecular complexity index is 614. The van der Waals surface area contributed by atoms with Crippen LogP contribution in [0.2, 0.25) is 0 Å². The Labute approximate surface area is 119 Å². The number of hydrogen-bond acceptors (Lipinski definition) is 2. The third kappa shape index (κ3) is 3.02. The van der Waals surface area contributed by atoms with E-state index in [1.165, 1.54) is 5.56 Å². The number of aromatic nitrogens is 1. The summed E-state index contributed by atoms with van der Waals surface area (Å²) in [5.74, 6) is -0.0770. The number of para-hydroxylation sites is 1. The molecule has 0 aliphatic carbocycles. The Hall–Kier alpha value is -1.81. The number of aromatic amines is 1. The number of nitrogens with one attached hydrogen (secondary N) is 2. The molecule has 0 radical (unpaired) electrons. The predicted molar refractivity (Wildman–Crippen MR) is 80.7 cm³/mol.